The van der Waals surface area contributed by atoms with Crippen LogP contribution >= 0.6 is 0 Å². The van der Waals surface area contributed by atoms with Crippen LogP contribution in [0.25, 0.3) is 0 Å². The molecule has 0 aromatic rings. The van der Waals surface area contributed by atoms with Crippen LogP contribution in [0.3, 0.4) is 0 Å². The van der Waals surface area contributed by atoms with Crippen LogP contribution in [0, 0.1) is 0 Å². The van der Waals surface area contributed by atoms with E-state index in [1.807, 2.05) is 0 Å². The van der Waals surface area contributed by atoms with Gasteiger partial charge in [-0.2, -0.15) is 0 Å². The van der Waals surface area contributed by atoms with Crippen molar-refractivity contribution >= 4 is 5.97 Å². The second kappa shape index (κ2) is 15.4. The first-order chi connectivity index (χ1) is 9.27. The van der Waals surface area contributed by atoms with Crippen molar-refractivity contribution in [2.45, 2.75) is 64.2 Å². The van der Waals surface area contributed by atoms with Gasteiger partial charge in [0.25, 0.3) is 0 Å². The molecule has 0 aromatic heterocycles. The summed E-state index contributed by atoms with van der Waals surface area (Å²) in [6, 6.07) is 0. The number of rotatable bonds is 15. The highest BCUT2D eigenvalue weighted by molar-refractivity contribution is 5.68. The largest absolute Gasteiger partial charge is 0.480 e. The van der Waals surface area contributed by atoms with E-state index >= 15 is 0 Å². The topological polar surface area (TPSA) is 81.6 Å². The maximum absolute atomic E-state index is 10.2. The van der Waals surface area contributed by atoms with Crippen LogP contribution < -0.4 is 10.9 Å². The van der Waals surface area contributed by atoms with E-state index in [2.05, 4.69) is 10.9 Å². The Kier molecular flexibility index (Phi) is 14.9. The van der Waals surface area contributed by atoms with Gasteiger partial charge in [-0.05, 0) is 12.8 Å². The maximum atomic E-state index is 10.2. The average molecular weight is 274 g/mol. The average Bonchev–Trinajstić information content (AvgIpc) is 2.39. The number of aliphatic hydroxyl groups is 1. The van der Waals surface area contributed by atoms with Crippen molar-refractivity contribution in [3.8, 4) is 0 Å². The summed E-state index contributed by atoms with van der Waals surface area (Å²) in [5, 5.41) is 17.0. The Bertz CT molecular complexity index is 201. The molecule has 19 heavy (non-hydrogen) atoms. The van der Waals surface area contributed by atoms with E-state index in [1.165, 1.54) is 44.9 Å². The molecule has 0 unspecified atom stereocenters. The Hall–Kier alpha value is -0.650. The van der Waals surface area contributed by atoms with Crippen LogP contribution in [0.15, 0.2) is 0 Å². The number of unbranched alkanes of at least 4 members (excludes halogenated alkanes) is 9. The zero-order chi connectivity index (χ0) is 14.2. The Balaban J connectivity index is 2.93. The third-order valence-electron chi connectivity index (χ3n) is 3.07. The van der Waals surface area contributed by atoms with E-state index < -0.39 is 5.97 Å². The molecular weight excluding hydrogens is 244 g/mol. The summed E-state index contributed by atoms with van der Waals surface area (Å²) in [5.74, 6) is -0.841. The van der Waals surface area contributed by atoms with Gasteiger partial charge in [0.2, 0.25) is 0 Å². The highest BCUT2D eigenvalue weighted by atomic mass is 16.4. The van der Waals surface area contributed by atoms with Gasteiger partial charge in [0.1, 0.15) is 6.54 Å². The molecule has 5 heteroatoms. The minimum atomic E-state index is -0.841. The first kappa shape index (κ1) is 18.4. The van der Waals surface area contributed by atoms with Gasteiger partial charge in [-0.15, -0.1) is 0 Å². The Morgan fingerprint density at radius 3 is 1.68 bits per heavy atom. The van der Waals surface area contributed by atoms with E-state index in [4.69, 9.17) is 10.2 Å². The zero-order valence-corrected chi connectivity index (χ0v) is 12.0. The first-order valence-electron chi connectivity index (χ1n) is 7.55. The molecule has 5 nitrogen and oxygen atoms in total. The molecule has 114 valence electrons. The Morgan fingerprint density at radius 2 is 1.21 bits per heavy atom. The molecule has 0 bridgehead atoms. The summed E-state index contributed by atoms with van der Waals surface area (Å²) in [5.41, 5.74) is 5.55. The van der Waals surface area contributed by atoms with Gasteiger partial charge in [0.05, 0.1) is 0 Å². The normalized spacial score (nSPS) is 10.8. The second-order valence-corrected chi connectivity index (χ2v) is 4.93. The van der Waals surface area contributed by atoms with Crippen molar-refractivity contribution < 1.29 is 15.0 Å². The standard InChI is InChI=1S/C14H30N2O3/c17-12-10-8-6-4-2-1-3-5-7-9-11-15-16-13-14(18)19/h15-17H,1-13H2,(H,18,19). The number of aliphatic carboxylic acids is 1. The zero-order valence-electron chi connectivity index (χ0n) is 12.0. The molecule has 0 saturated carbocycles. The van der Waals surface area contributed by atoms with Crippen molar-refractivity contribution in [1.82, 2.24) is 10.9 Å². The molecular formula is C14H30N2O3. The molecule has 0 spiro atoms. The summed E-state index contributed by atoms with van der Waals surface area (Å²) in [6.07, 6.45) is 12.1. The maximum Gasteiger partial charge on any atom is 0.318 e. The van der Waals surface area contributed by atoms with Crippen molar-refractivity contribution in [2.24, 2.45) is 0 Å². The highest BCUT2D eigenvalue weighted by Crippen LogP contribution is 2.10. The monoisotopic (exact) mass is 274 g/mol. The number of carboxylic acids is 1. The van der Waals surface area contributed by atoms with Gasteiger partial charge in [0.15, 0.2) is 0 Å². The number of nitrogens with one attached hydrogen (secondary N) is 2. The first-order valence-corrected chi connectivity index (χ1v) is 7.55. The summed E-state index contributed by atoms with van der Waals surface area (Å²) in [4.78, 5) is 10.2. The van der Waals surface area contributed by atoms with E-state index in [0.29, 0.717) is 6.61 Å². The molecule has 0 rings (SSSR count). The van der Waals surface area contributed by atoms with Crippen LogP contribution in [-0.2, 0) is 4.79 Å². The number of aliphatic hydroxyl groups excluding tert-OH is 1. The van der Waals surface area contributed by atoms with Crippen molar-refractivity contribution in [3.05, 3.63) is 0 Å². The van der Waals surface area contributed by atoms with Crippen LogP contribution in [0.5, 0.6) is 0 Å². The van der Waals surface area contributed by atoms with Gasteiger partial charge in [-0.1, -0.05) is 51.4 Å². The quantitative estimate of drug-likeness (QED) is 0.271. The van der Waals surface area contributed by atoms with Gasteiger partial charge in [-0.25, -0.2) is 5.43 Å². The second-order valence-electron chi connectivity index (χ2n) is 4.93. The molecule has 0 aromatic carbocycles. The predicted molar refractivity (Wildman–Crippen MR) is 76.9 cm³/mol. The van der Waals surface area contributed by atoms with E-state index in [1.54, 1.807) is 0 Å². The van der Waals surface area contributed by atoms with Gasteiger partial charge >= 0.3 is 5.97 Å². The molecule has 0 heterocycles. The summed E-state index contributed by atoms with van der Waals surface area (Å²) in [7, 11) is 0. The van der Waals surface area contributed by atoms with Crippen LogP contribution in [-0.4, -0.2) is 35.9 Å². The van der Waals surface area contributed by atoms with Crippen molar-refractivity contribution in [2.75, 3.05) is 19.7 Å². The van der Waals surface area contributed by atoms with Gasteiger partial charge < -0.3 is 10.2 Å². The minimum absolute atomic E-state index is 0.0315. The van der Waals surface area contributed by atoms with Gasteiger partial charge in [-0.3, -0.25) is 10.2 Å². The number of carboxylic acid groups (broad SMARTS) is 1. The van der Waals surface area contributed by atoms with Crippen molar-refractivity contribution in [3.63, 3.8) is 0 Å². The van der Waals surface area contributed by atoms with E-state index in [0.717, 1.165) is 25.8 Å². The molecule has 0 atom stereocenters. The summed E-state index contributed by atoms with van der Waals surface area (Å²) in [6.45, 7) is 1.13. The number of hydrogen-bond acceptors (Lipinski definition) is 4. The fourth-order valence-electron chi connectivity index (χ4n) is 1.97. The lowest BCUT2D eigenvalue weighted by atomic mass is 10.1. The third-order valence-corrected chi connectivity index (χ3v) is 3.07. The SMILES string of the molecule is O=C(O)CNNCCCCCCCCCCCCO. The predicted octanol–water partition coefficient (Wildman–Crippen LogP) is 2.06. The number of hydrogen-bond donors (Lipinski definition) is 4. The molecule has 0 fully saturated rings. The third kappa shape index (κ3) is 17.4. The highest BCUT2D eigenvalue weighted by Gasteiger charge is 1.95. The molecule has 0 aliphatic carbocycles. The van der Waals surface area contributed by atoms with Crippen LogP contribution in [0.2, 0.25) is 0 Å². The number of hydrazine groups is 1. The molecule has 4 N–H and O–H groups in total. The Morgan fingerprint density at radius 1 is 0.737 bits per heavy atom. The van der Waals surface area contributed by atoms with E-state index in [9.17, 15) is 4.79 Å². The minimum Gasteiger partial charge on any atom is -0.480 e. The molecule has 0 amide bonds. The van der Waals surface area contributed by atoms with Gasteiger partial charge in [0, 0.05) is 13.2 Å². The molecule has 0 aliphatic rings. The van der Waals surface area contributed by atoms with Crippen LogP contribution in [0.1, 0.15) is 64.2 Å². The fourth-order valence-corrected chi connectivity index (χ4v) is 1.97. The van der Waals surface area contributed by atoms with Crippen molar-refractivity contribution in [1.29, 1.82) is 0 Å². The lowest BCUT2D eigenvalue weighted by Gasteiger charge is -2.05. The lowest BCUT2D eigenvalue weighted by molar-refractivity contribution is -0.136. The number of carbonyl (C=O) groups is 1. The molecule has 0 aliphatic heterocycles. The van der Waals surface area contributed by atoms with E-state index in [-0.39, 0.29) is 6.54 Å². The lowest BCUT2D eigenvalue weighted by Crippen LogP contribution is -2.36. The molecule has 0 radical (unpaired) electrons. The summed E-state index contributed by atoms with van der Waals surface area (Å²) < 4.78 is 0. The van der Waals surface area contributed by atoms with Crippen LogP contribution in [0.4, 0.5) is 0 Å². The Labute approximate surface area is 116 Å². The smallest absolute Gasteiger partial charge is 0.318 e. The fraction of sp³-hybridized carbons (Fsp3) is 0.929. The summed E-state index contributed by atoms with van der Waals surface area (Å²) >= 11 is 0. The molecule has 0 saturated heterocycles.